The summed E-state index contributed by atoms with van der Waals surface area (Å²) >= 11 is 0. The zero-order chi connectivity index (χ0) is 10.4. The molecule has 1 rings (SSSR count). The van der Waals surface area contributed by atoms with Gasteiger partial charge >= 0.3 is 5.97 Å². The fraction of sp³-hybridized carbons (Fsp3) is 0.250. The van der Waals surface area contributed by atoms with Crippen LogP contribution in [0.5, 0.6) is 0 Å². The summed E-state index contributed by atoms with van der Waals surface area (Å²) in [7, 11) is 1.39. The smallest absolute Gasteiger partial charge is 0.309 e. The van der Waals surface area contributed by atoms with Gasteiger partial charge in [-0.15, -0.1) is 0 Å². The molecule has 0 saturated carbocycles. The normalized spacial score (nSPS) is 10.4. The molecule has 14 heavy (non-hydrogen) atoms. The van der Waals surface area contributed by atoms with Gasteiger partial charge in [-0.05, 0) is 18.1 Å². The Morgan fingerprint density at radius 1 is 1.43 bits per heavy atom. The van der Waals surface area contributed by atoms with Gasteiger partial charge in [-0.25, -0.2) is 0 Å². The van der Waals surface area contributed by atoms with Crippen LogP contribution in [-0.4, -0.2) is 13.1 Å². The third-order valence-electron chi connectivity index (χ3n) is 2.00. The predicted molar refractivity (Wildman–Crippen MR) is 56.8 cm³/mol. The maximum Gasteiger partial charge on any atom is 0.309 e. The Morgan fingerprint density at radius 2 is 2.14 bits per heavy atom. The zero-order valence-corrected chi connectivity index (χ0v) is 8.49. The highest BCUT2D eigenvalue weighted by atomic mass is 16.5. The molecular weight excluding hydrogens is 176 g/mol. The van der Waals surface area contributed by atoms with Crippen molar-refractivity contribution in [3.8, 4) is 0 Å². The molecule has 1 aromatic carbocycles. The van der Waals surface area contributed by atoms with Crippen molar-refractivity contribution in [3.05, 3.63) is 41.5 Å². The van der Waals surface area contributed by atoms with Crippen LogP contribution in [0.4, 0.5) is 0 Å². The van der Waals surface area contributed by atoms with E-state index in [2.05, 4.69) is 4.74 Å². The van der Waals surface area contributed by atoms with Crippen molar-refractivity contribution in [1.29, 1.82) is 0 Å². The molecule has 0 bridgehead atoms. The molecule has 1 aromatic rings. The van der Waals surface area contributed by atoms with Gasteiger partial charge in [0.05, 0.1) is 13.5 Å². The molecule has 0 fully saturated rings. The van der Waals surface area contributed by atoms with Gasteiger partial charge in [0.2, 0.25) is 0 Å². The second kappa shape index (κ2) is 5.22. The number of aryl methyl sites for hydroxylation is 1. The number of carbonyl (C=O) groups is 1. The number of ether oxygens (including phenoxy) is 1. The van der Waals surface area contributed by atoms with Crippen molar-refractivity contribution in [2.75, 3.05) is 7.11 Å². The molecule has 0 aromatic heterocycles. The highest BCUT2D eigenvalue weighted by Gasteiger charge is 1.95. The lowest BCUT2D eigenvalue weighted by atomic mass is 10.1. The SMILES string of the molecule is COC(=O)C/C=C\c1ccccc1C. The van der Waals surface area contributed by atoms with E-state index >= 15 is 0 Å². The summed E-state index contributed by atoms with van der Waals surface area (Å²) in [5, 5.41) is 0. The van der Waals surface area contributed by atoms with Crippen LogP contribution >= 0.6 is 0 Å². The van der Waals surface area contributed by atoms with Gasteiger partial charge in [-0.1, -0.05) is 36.4 Å². The molecule has 0 aliphatic heterocycles. The van der Waals surface area contributed by atoms with Crippen LogP contribution < -0.4 is 0 Å². The molecule has 0 N–H and O–H groups in total. The number of hydrogen-bond acceptors (Lipinski definition) is 2. The van der Waals surface area contributed by atoms with E-state index in [1.54, 1.807) is 0 Å². The minimum atomic E-state index is -0.213. The Kier molecular flexibility index (Phi) is 3.92. The molecule has 0 aliphatic rings. The van der Waals surface area contributed by atoms with E-state index in [0.717, 1.165) is 5.56 Å². The van der Waals surface area contributed by atoms with Crippen molar-refractivity contribution in [1.82, 2.24) is 0 Å². The van der Waals surface area contributed by atoms with E-state index in [0.29, 0.717) is 6.42 Å². The summed E-state index contributed by atoms with van der Waals surface area (Å²) in [6.07, 6.45) is 4.07. The lowest BCUT2D eigenvalue weighted by Gasteiger charge is -1.98. The first-order valence-corrected chi connectivity index (χ1v) is 4.53. The first-order chi connectivity index (χ1) is 6.74. The highest BCUT2D eigenvalue weighted by molar-refractivity contribution is 5.72. The van der Waals surface area contributed by atoms with Crippen LogP contribution in [0.1, 0.15) is 17.5 Å². The molecule has 0 unspecified atom stereocenters. The standard InChI is InChI=1S/C12H14O2/c1-10-6-3-4-7-11(10)8-5-9-12(13)14-2/h3-8H,9H2,1-2H3/b8-5-. The van der Waals surface area contributed by atoms with Gasteiger partial charge in [-0.3, -0.25) is 4.79 Å². The molecule has 0 spiro atoms. The topological polar surface area (TPSA) is 26.3 Å². The summed E-state index contributed by atoms with van der Waals surface area (Å²) < 4.78 is 4.53. The predicted octanol–water partition coefficient (Wildman–Crippen LogP) is 2.57. The van der Waals surface area contributed by atoms with E-state index < -0.39 is 0 Å². The van der Waals surface area contributed by atoms with Crippen molar-refractivity contribution >= 4 is 12.0 Å². The van der Waals surface area contributed by atoms with E-state index in [9.17, 15) is 4.79 Å². The summed E-state index contributed by atoms with van der Waals surface area (Å²) in [5.41, 5.74) is 2.34. The van der Waals surface area contributed by atoms with Gasteiger partial charge in [0.15, 0.2) is 0 Å². The Labute approximate surface area is 84.2 Å². The summed E-state index contributed by atoms with van der Waals surface area (Å²) in [6, 6.07) is 8.03. The average Bonchev–Trinajstić information content (AvgIpc) is 2.20. The fourth-order valence-electron chi connectivity index (χ4n) is 1.14. The van der Waals surface area contributed by atoms with Gasteiger partial charge in [0.1, 0.15) is 0 Å². The molecule has 0 heterocycles. The molecule has 2 nitrogen and oxygen atoms in total. The van der Waals surface area contributed by atoms with Crippen molar-refractivity contribution < 1.29 is 9.53 Å². The van der Waals surface area contributed by atoms with Crippen molar-refractivity contribution in [3.63, 3.8) is 0 Å². The van der Waals surface area contributed by atoms with Crippen LogP contribution in [0.15, 0.2) is 30.3 Å². The third-order valence-corrected chi connectivity index (χ3v) is 2.00. The number of benzene rings is 1. The third kappa shape index (κ3) is 3.05. The molecular formula is C12H14O2. The van der Waals surface area contributed by atoms with E-state index in [1.807, 2.05) is 43.3 Å². The molecule has 0 atom stereocenters. The summed E-state index contributed by atoms with van der Waals surface area (Å²) in [5.74, 6) is -0.213. The van der Waals surface area contributed by atoms with E-state index in [4.69, 9.17) is 0 Å². The quantitative estimate of drug-likeness (QED) is 0.685. The second-order valence-electron chi connectivity index (χ2n) is 3.04. The minimum Gasteiger partial charge on any atom is -0.469 e. The maximum atomic E-state index is 10.8. The summed E-state index contributed by atoms with van der Waals surface area (Å²) in [4.78, 5) is 10.8. The Hall–Kier alpha value is -1.57. The van der Waals surface area contributed by atoms with Gasteiger partial charge in [0, 0.05) is 0 Å². The van der Waals surface area contributed by atoms with Gasteiger partial charge < -0.3 is 4.74 Å². The van der Waals surface area contributed by atoms with Crippen LogP contribution in [-0.2, 0) is 9.53 Å². The van der Waals surface area contributed by atoms with Crippen LogP contribution in [0.25, 0.3) is 6.08 Å². The largest absolute Gasteiger partial charge is 0.469 e. The second-order valence-corrected chi connectivity index (χ2v) is 3.04. The molecule has 0 radical (unpaired) electrons. The van der Waals surface area contributed by atoms with E-state index in [1.165, 1.54) is 12.7 Å². The Bertz CT molecular complexity index is 340. The summed E-state index contributed by atoms with van der Waals surface area (Å²) in [6.45, 7) is 2.04. The number of esters is 1. The number of methoxy groups -OCH3 is 1. The van der Waals surface area contributed by atoms with Crippen molar-refractivity contribution in [2.45, 2.75) is 13.3 Å². The zero-order valence-electron chi connectivity index (χ0n) is 8.49. The molecule has 0 saturated heterocycles. The molecule has 74 valence electrons. The maximum absolute atomic E-state index is 10.8. The Morgan fingerprint density at radius 3 is 2.79 bits per heavy atom. The van der Waals surface area contributed by atoms with Crippen molar-refractivity contribution in [2.24, 2.45) is 0 Å². The van der Waals surface area contributed by atoms with Crippen LogP contribution in [0, 0.1) is 6.92 Å². The fourth-order valence-corrected chi connectivity index (χ4v) is 1.14. The molecule has 0 aliphatic carbocycles. The van der Waals surface area contributed by atoms with Crippen LogP contribution in [0.2, 0.25) is 0 Å². The first kappa shape index (κ1) is 10.5. The lowest BCUT2D eigenvalue weighted by Crippen LogP contribution is -1.96. The van der Waals surface area contributed by atoms with Gasteiger partial charge in [-0.2, -0.15) is 0 Å². The number of hydrogen-bond donors (Lipinski definition) is 0. The molecule has 0 amide bonds. The first-order valence-electron chi connectivity index (χ1n) is 4.53. The van der Waals surface area contributed by atoms with Crippen LogP contribution in [0.3, 0.4) is 0 Å². The monoisotopic (exact) mass is 190 g/mol. The Balaban J connectivity index is 2.60. The van der Waals surface area contributed by atoms with E-state index in [-0.39, 0.29) is 5.97 Å². The number of carbonyl (C=O) groups excluding carboxylic acids is 1. The van der Waals surface area contributed by atoms with Gasteiger partial charge in [0.25, 0.3) is 0 Å². The molecule has 2 heteroatoms. The lowest BCUT2D eigenvalue weighted by molar-refractivity contribution is -0.139. The number of rotatable bonds is 3. The highest BCUT2D eigenvalue weighted by Crippen LogP contribution is 2.09. The minimum absolute atomic E-state index is 0.213. The average molecular weight is 190 g/mol.